The van der Waals surface area contributed by atoms with Crippen molar-refractivity contribution in [1.29, 1.82) is 0 Å². The van der Waals surface area contributed by atoms with E-state index < -0.39 is 47.9 Å². The van der Waals surface area contributed by atoms with E-state index in [4.69, 9.17) is 28.7 Å². The van der Waals surface area contributed by atoms with Gasteiger partial charge in [-0.1, -0.05) is 13.8 Å². The topological polar surface area (TPSA) is 147 Å². The molecule has 0 radical (unpaired) electrons. The first-order chi connectivity index (χ1) is 18.1. The van der Waals surface area contributed by atoms with Crippen LogP contribution in [0.25, 0.3) is 0 Å². The Morgan fingerprint density at radius 2 is 2.00 bits per heavy atom. The van der Waals surface area contributed by atoms with E-state index in [1.54, 1.807) is 6.20 Å². The molecule has 5 aliphatic rings. The molecule has 12 nitrogen and oxygen atoms in total. The summed E-state index contributed by atoms with van der Waals surface area (Å²) in [4.78, 5) is 56.2. The summed E-state index contributed by atoms with van der Waals surface area (Å²) in [5.74, 6) is -2.05. The van der Waals surface area contributed by atoms with Gasteiger partial charge in [0.15, 0.2) is 11.9 Å². The zero-order chi connectivity index (χ0) is 27.1. The van der Waals surface area contributed by atoms with Gasteiger partial charge in [-0.3, -0.25) is 9.59 Å². The number of esters is 2. The molecule has 2 unspecified atom stereocenters. The predicted molar refractivity (Wildman–Crippen MR) is 128 cm³/mol. The number of ether oxygens (including phenoxy) is 4. The van der Waals surface area contributed by atoms with Crippen molar-refractivity contribution in [2.75, 3.05) is 7.11 Å². The fraction of sp³-hybridized carbons (Fsp3) is 0.769. The summed E-state index contributed by atoms with van der Waals surface area (Å²) in [6, 6.07) is -0.908. The number of hydrogen-bond acceptors (Lipinski definition) is 10. The Hall–Kier alpha value is -2.54. The summed E-state index contributed by atoms with van der Waals surface area (Å²) in [6.07, 6.45) is 4.86. The Balaban J connectivity index is 1.19. The molecule has 4 saturated heterocycles. The van der Waals surface area contributed by atoms with Crippen LogP contribution in [0.4, 0.5) is 0 Å². The number of amides is 1. The molecule has 1 aromatic heterocycles. The Kier molecular flexibility index (Phi) is 7.51. The summed E-state index contributed by atoms with van der Waals surface area (Å²) < 4.78 is 23.1. The summed E-state index contributed by atoms with van der Waals surface area (Å²) in [7, 11) is 1.25. The SMILES string of the molecule is COC(=O)C(Cc1cnc[nH]1)NC(=O)CCC(=O)O[C@@H]1O[C@@H]2O[C@]3(C)CC[C@H]4[C@H](C)CC[C@@H]([C@H]1C)C24OO3. The van der Waals surface area contributed by atoms with Crippen LogP contribution in [0.5, 0.6) is 0 Å². The van der Waals surface area contributed by atoms with Crippen molar-refractivity contribution in [3.05, 3.63) is 18.2 Å². The maximum atomic E-state index is 12.8. The van der Waals surface area contributed by atoms with Crippen molar-refractivity contribution in [1.82, 2.24) is 15.3 Å². The van der Waals surface area contributed by atoms with Gasteiger partial charge in [0.1, 0.15) is 6.04 Å². The van der Waals surface area contributed by atoms with Gasteiger partial charge < -0.3 is 29.2 Å². The second-order valence-electron chi connectivity index (χ2n) is 11.2. The van der Waals surface area contributed by atoms with Gasteiger partial charge in [-0.2, -0.15) is 0 Å². The standard InChI is InChI=1S/C26H37N3O9/c1-14-5-6-18-15(2)23(35-24-26(18)17(14)9-10-25(3,36-24)37-38-26)34-21(31)8-7-20(30)29-19(22(32)33-4)11-16-12-27-13-28-16/h12-15,17-19,23-24H,5-11H2,1-4H3,(H,27,28)(H,29,30)/t14-,15-,17+,18+,19?,23-,24-,25+,26?/m1/s1. The maximum Gasteiger partial charge on any atom is 0.328 e. The van der Waals surface area contributed by atoms with Crippen molar-refractivity contribution in [3.8, 4) is 0 Å². The number of nitrogens with one attached hydrogen (secondary N) is 2. The van der Waals surface area contributed by atoms with E-state index in [1.807, 2.05) is 13.8 Å². The highest BCUT2D eigenvalue weighted by Crippen LogP contribution is 2.60. The second-order valence-corrected chi connectivity index (χ2v) is 11.2. The van der Waals surface area contributed by atoms with Crippen molar-refractivity contribution in [3.63, 3.8) is 0 Å². The third-order valence-electron chi connectivity index (χ3n) is 8.70. The summed E-state index contributed by atoms with van der Waals surface area (Å²) in [5, 5.41) is 2.62. The maximum absolute atomic E-state index is 12.8. The minimum atomic E-state index is -0.920. The molecule has 1 spiro atoms. The number of aromatic nitrogens is 2. The fourth-order valence-corrected chi connectivity index (χ4v) is 6.63. The average molecular weight is 536 g/mol. The third-order valence-corrected chi connectivity index (χ3v) is 8.70. The van der Waals surface area contributed by atoms with E-state index in [0.717, 1.165) is 19.3 Å². The predicted octanol–water partition coefficient (Wildman–Crippen LogP) is 2.14. The van der Waals surface area contributed by atoms with E-state index in [0.29, 0.717) is 18.0 Å². The molecule has 0 aromatic carbocycles. The lowest BCUT2D eigenvalue weighted by atomic mass is 9.58. The molecule has 4 aliphatic heterocycles. The van der Waals surface area contributed by atoms with Crippen LogP contribution < -0.4 is 5.32 Å². The van der Waals surface area contributed by atoms with Gasteiger partial charge in [-0.15, -0.1) is 0 Å². The van der Waals surface area contributed by atoms with Crippen LogP contribution in [0.3, 0.4) is 0 Å². The molecule has 2 bridgehead atoms. The van der Waals surface area contributed by atoms with Crippen LogP contribution in [-0.2, 0) is 49.5 Å². The fourth-order valence-electron chi connectivity index (χ4n) is 6.63. The summed E-state index contributed by atoms with van der Waals surface area (Å²) in [5.41, 5.74) is -0.0775. The Morgan fingerprint density at radius 3 is 2.74 bits per heavy atom. The lowest BCUT2D eigenvalue weighted by molar-refractivity contribution is -0.576. The molecule has 9 atom stereocenters. The van der Waals surface area contributed by atoms with Gasteiger partial charge >= 0.3 is 11.9 Å². The Morgan fingerprint density at radius 1 is 1.18 bits per heavy atom. The van der Waals surface area contributed by atoms with Crippen molar-refractivity contribution in [2.24, 2.45) is 23.7 Å². The highest BCUT2D eigenvalue weighted by molar-refractivity contribution is 5.86. The molecule has 38 heavy (non-hydrogen) atoms. The second kappa shape index (κ2) is 10.6. The van der Waals surface area contributed by atoms with E-state index >= 15 is 0 Å². The summed E-state index contributed by atoms with van der Waals surface area (Å²) in [6.45, 7) is 6.07. The molecule has 1 amide bonds. The quantitative estimate of drug-likeness (QED) is 0.375. The number of H-pyrrole nitrogens is 1. The van der Waals surface area contributed by atoms with Gasteiger partial charge in [0.2, 0.25) is 18.0 Å². The number of carbonyl (C=O) groups excluding carboxylic acids is 3. The number of methoxy groups -OCH3 is 1. The number of rotatable bonds is 8. The van der Waals surface area contributed by atoms with Gasteiger partial charge in [-0.05, 0) is 38.0 Å². The van der Waals surface area contributed by atoms with Crippen molar-refractivity contribution < 1.29 is 43.1 Å². The molecule has 5 heterocycles. The lowest BCUT2D eigenvalue weighted by Gasteiger charge is -2.59. The average Bonchev–Trinajstić information content (AvgIpc) is 3.30. The number of fused-ring (bicyclic) bond motifs is 2. The first kappa shape index (κ1) is 27.0. The Bertz CT molecular complexity index is 1040. The zero-order valence-corrected chi connectivity index (χ0v) is 22.3. The molecule has 1 saturated carbocycles. The zero-order valence-electron chi connectivity index (χ0n) is 22.3. The van der Waals surface area contributed by atoms with E-state index in [2.05, 4.69) is 22.2 Å². The molecule has 1 aliphatic carbocycles. The minimum Gasteiger partial charge on any atom is -0.467 e. The van der Waals surface area contributed by atoms with Gasteiger partial charge in [-0.25, -0.2) is 19.6 Å². The van der Waals surface area contributed by atoms with Crippen LogP contribution in [0.1, 0.15) is 65.0 Å². The van der Waals surface area contributed by atoms with Crippen molar-refractivity contribution in [2.45, 2.75) is 95.7 Å². The molecule has 2 N–H and O–H groups in total. The van der Waals surface area contributed by atoms with Gasteiger partial charge in [0.05, 0.1) is 19.9 Å². The van der Waals surface area contributed by atoms with E-state index in [9.17, 15) is 14.4 Å². The molecule has 5 fully saturated rings. The van der Waals surface area contributed by atoms with Gasteiger partial charge in [0.25, 0.3) is 0 Å². The monoisotopic (exact) mass is 535 g/mol. The van der Waals surface area contributed by atoms with Crippen LogP contribution >= 0.6 is 0 Å². The van der Waals surface area contributed by atoms with E-state index in [-0.39, 0.29) is 37.0 Å². The number of aromatic amines is 1. The molecule has 1 aromatic rings. The number of nitrogens with zero attached hydrogens (tertiary/aromatic N) is 1. The lowest BCUT2D eigenvalue weighted by Crippen LogP contribution is -2.70. The summed E-state index contributed by atoms with van der Waals surface area (Å²) >= 11 is 0. The number of imidazole rings is 1. The van der Waals surface area contributed by atoms with Crippen LogP contribution in [0.2, 0.25) is 0 Å². The van der Waals surface area contributed by atoms with Crippen LogP contribution in [0.15, 0.2) is 12.5 Å². The largest absolute Gasteiger partial charge is 0.467 e. The molecule has 12 heteroatoms. The van der Waals surface area contributed by atoms with Crippen LogP contribution in [-0.4, -0.2) is 64.9 Å². The molecule has 6 rings (SSSR count). The van der Waals surface area contributed by atoms with Gasteiger partial charge in [0, 0.05) is 43.0 Å². The van der Waals surface area contributed by atoms with Crippen LogP contribution in [0, 0.1) is 23.7 Å². The molecular formula is C26H37N3O9. The van der Waals surface area contributed by atoms with Crippen molar-refractivity contribution >= 4 is 17.8 Å². The Labute approximate surface area is 221 Å². The molecule has 210 valence electrons. The molecular weight excluding hydrogens is 498 g/mol. The first-order valence-electron chi connectivity index (χ1n) is 13.4. The first-order valence-corrected chi connectivity index (χ1v) is 13.4. The highest BCUT2D eigenvalue weighted by atomic mass is 17.3. The number of hydrogen-bond donors (Lipinski definition) is 2. The third kappa shape index (κ3) is 4.94. The highest BCUT2D eigenvalue weighted by Gasteiger charge is 2.69. The smallest absolute Gasteiger partial charge is 0.328 e. The minimum absolute atomic E-state index is 0.0227. The van der Waals surface area contributed by atoms with E-state index in [1.165, 1.54) is 13.4 Å². The number of carbonyl (C=O) groups is 3. The normalized spacial score (nSPS) is 38.4.